The number of halogens is 3. The van der Waals surface area contributed by atoms with Crippen molar-refractivity contribution in [3.8, 4) is 11.3 Å². The summed E-state index contributed by atoms with van der Waals surface area (Å²) in [6.45, 7) is 3.65. The Bertz CT molecular complexity index is 892. The van der Waals surface area contributed by atoms with Crippen molar-refractivity contribution in [2.75, 3.05) is 13.1 Å². The molecule has 0 aliphatic carbocycles. The highest BCUT2D eigenvalue weighted by molar-refractivity contribution is 5.91. The van der Waals surface area contributed by atoms with Crippen molar-refractivity contribution in [2.24, 2.45) is 0 Å². The van der Waals surface area contributed by atoms with E-state index in [-0.39, 0.29) is 5.54 Å². The summed E-state index contributed by atoms with van der Waals surface area (Å²) in [5.74, 6) is 0. The summed E-state index contributed by atoms with van der Waals surface area (Å²) in [4.78, 5) is 4.42. The second-order valence-corrected chi connectivity index (χ2v) is 6.31. The smallest absolute Gasteiger partial charge is 0.312 e. The van der Waals surface area contributed by atoms with Gasteiger partial charge in [0.2, 0.25) is 0 Å². The first-order chi connectivity index (χ1) is 11.4. The van der Waals surface area contributed by atoms with Crippen molar-refractivity contribution < 1.29 is 13.2 Å². The molecule has 24 heavy (non-hydrogen) atoms. The first kappa shape index (κ1) is 15.1. The van der Waals surface area contributed by atoms with Crippen LogP contribution in [0.1, 0.15) is 12.5 Å². The number of fused-ring (bicyclic) bond motifs is 1. The van der Waals surface area contributed by atoms with Gasteiger partial charge in [0, 0.05) is 30.2 Å². The Balaban J connectivity index is 1.85. The lowest BCUT2D eigenvalue weighted by molar-refractivity contribution is -0.137. The molecule has 4 rings (SSSR count). The molecule has 3 aromatic rings. The van der Waals surface area contributed by atoms with Gasteiger partial charge in [-0.3, -0.25) is 0 Å². The van der Waals surface area contributed by atoms with Crippen LogP contribution in [0.4, 0.5) is 13.2 Å². The Hall–Kier alpha value is -2.41. The molecule has 7 heteroatoms. The fourth-order valence-electron chi connectivity index (χ4n) is 3.00. The highest BCUT2D eigenvalue weighted by Crippen LogP contribution is 2.34. The summed E-state index contributed by atoms with van der Waals surface area (Å²) in [6, 6.07) is 8.80. The summed E-state index contributed by atoms with van der Waals surface area (Å²) in [7, 11) is 0. The maximum Gasteiger partial charge on any atom is 0.416 e. The number of hydrogen-bond donors (Lipinski definition) is 1. The molecule has 1 N–H and O–H groups in total. The van der Waals surface area contributed by atoms with Gasteiger partial charge in [0.25, 0.3) is 0 Å². The Labute approximate surface area is 136 Å². The first-order valence-electron chi connectivity index (χ1n) is 7.61. The quantitative estimate of drug-likeness (QED) is 0.782. The van der Waals surface area contributed by atoms with E-state index in [1.165, 1.54) is 12.1 Å². The Morgan fingerprint density at radius 1 is 1.12 bits per heavy atom. The highest BCUT2D eigenvalue weighted by Gasteiger charge is 2.37. The third-order valence-electron chi connectivity index (χ3n) is 4.45. The van der Waals surface area contributed by atoms with Gasteiger partial charge in [-0.2, -0.15) is 18.3 Å². The van der Waals surface area contributed by atoms with Crippen LogP contribution in [0.5, 0.6) is 0 Å². The lowest BCUT2D eigenvalue weighted by Gasteiger charge is -2.39. The van der Waals surface area contributed by atoms with Crippen LogP contribution in [0.25, 0.3) is 22.3 Å². The largest absolute Gasteiger partial charge is 0.416 e. The number of pyridine rings is 1. The van der Waals surface area contributed by atoms with E-state index in [1.807, 2.05) is 16.8 Å². The lowest BCUT2D eigenvalue weighted by Crippen LogP contribution is -2.58. The van der Waals surface area contributed by atoms with Crippen LogP contribution in [0.15, 0.2) is 42.6 Å². The second kappa shape index (κ2) is 5.04. The van der Waals surface area contributed by atoms with Crippen molar-refractivity contribution in [3.63, 3.8) is 0 Å². The van der Waals surface area contributed by atoms with Gasteiger partial charge in [-0.25, -0.2) is 9.67 Å². The first-order valence-corrected chi connectivity index (χ1v) is 7.61. The van der Waals surface area contributed by atoms with Crippen molar-refractivity contribution in [2.45, 2.75) is 18.6 Å². The number of nitrogens with zero attached hydrogens (tertiary/aromatic N) is 3. The topological polar surface area (TPSA) is 42.7 Å². The molecule has 0 unspecified atom stereocenters. The fraction of sp³-hybridized carbons (Fsp3) is 0.294. The predicted octanol–water partition coefficient (Wildman–Crippen LogP) is 3.44. The zero-order valence-corrected chi connectivity index (χ0v) is 12.9. The van der Waals surface area contributed by atoms with E-state index >= 15 is 0 Å². The van der Waals surface area contributed by atoms with Crippen molar-refractivity contribution >= 4 is 11.0 Å². The Kier molecular flexibility index (Phi) is 3.18. The van der Waals surface area contributed by atoms with Crippen LogP contribution in [-0.4, -0.2) is 27.9 Å². The predicted molar refractivity (Wildman–Crippen MR) is 84.5 cm³/mol. The molecule has 3 heterocycles. The van der Waals surface area contributed by atoms with Gasteiger partial charge in [0.1, 0.15) is 5.69 Å². The zero-order chi connectivity index (χ0) is 16.9. The minimum atomic E-state index is -4.34. The summed E-state index contributed by atoms with van der Waals surface area (Å²) in [6.07, 6.45) is -2.64. The SMILES string of the molecule is CC1(n2nc(-c3ccc(C(F)(F)F)cc3)c3cccnc32)CNC1. The molecule has 1 aliphatic rings. The third kappa shape index (κ3) is 2.27. The monoisotopic (exact) mass is 332 g/mol. The molecule has 0 radical (unpaired) electrons. The zero-order valence-electron chi connectivity index (χ0n) is 12.9. The van der Waals surface area contributed by atoms with E-state index in [9.17, 15) is 13.2 Å². The molecule has 1 aromatic carbocycles. The number of alkyl halides is 3. The van der Waals surface area contributed by atoms with Crippen LogP contribution < -0.4 is 5.32 Å². The number of aromatic nitrogens is 3. The summed E-state index contributed by atoms with van der Waals surface area (Å²) < 4.78 is 40.1. The number of rotatable bonds is 2. The van der Waals surface area contributed by atoms with Gasteiger partial charge in [-0.1, -0.05) is 12.1 Å². The van der Waals surface area contributed by atoms with E-state index in [0.29, 0.717) is 11.3 Å². The van der Waals surface area contributed by atoms with E-state index in [0.717, 1.165) is 36.3 Å². The van der Waals surface area contributed by atoms with Crippen LogP contribution in [0, 0.1) is 0 Å². The van der Waals surface area contributed by atoms with Gasteiger partial charge < -0.3 is 5.32 Å². The Morgan fingerprint density at radius 3 is 2.42 bits per heavy atom. The molecule has 2 aromatic heterocycles. The normalized spacial score (nSPS) is 17.0. The lowest BCUT2D eigenvalue weighted by atomic mass is 9.96. The standard InChI is InChI=1S/C17H15F3N4/c1-16(9-21-10-16)24-15-13(3-2-8-22-15)14(23-24)11-4-6-12(7-5-11)17(18,19)20/h2-8,21H,9-10H2,1H3. The second-order valence-electron chi connectivity index (χ2n) is 6.31. The molecular weight excluding hydrogens is 317 g/mol. The fourth-order valence-corrected chi connectivity index (χ4v) is 3.00. The van der Waals surface area contributed by atoms with Gasteiger partial charge in [0.15, 0.2) is 5.65 Å². The molecule has 1 fully saturated rings. The van der Waals surface area contributed by atoms with E-state index in [2.05, 4.69) is 22.3 Å². The van der Waals surface area contributed by atoms with E-state index in [1.54, 1.807) is 6.20 Å². The Morgan fingerprint density at radius 2 is 1.83 bits per heavy atom. The summed E-state index contributed by atoms with van der Waals surface area (Å²) >= 11 is 0. The van der Waals surface area contributed by atoms with Crippen LogP contribution in [-0.2, 0) is 11.7 Å². The van der Waals surface area contributed by atoms with Crippen LogP contribution in [0.2, 0.25) is 0 Å². The molecule has 0 bridgehead atoms. The van der Waals surface area contributed by atoms with Gasteiger partial charge in [-0.15, -0.1) is 0 Å². The van der Waals surface area contributed by atoms with E-state index in [4.69, 9.17) is 0 Å². The number of benzene rings is 1. The minimum Gasteiger partial charge on any atom is -0.312 e. The molecule has 1 saturated heterocycles. The van der Waals surface area contributed by atoms with Crippen molar-refractivity contribution in [1.82, 2.24) is 20.1 Å². The van der Waals surface area contributed by atoms with Crippen LogP contribution in [0.3, 0.4) is 0 Å². The molecule has 0 atom stereocenters. The van der Waals surface area contributed by atoms with Crippen LogP contribution >= 0.6 is 0 Å². The average molecular weight is 332 g/mol. The number of hydrogen-bond acceptors (Lipinski definition) is 3. The van der Waals surface area contributed by atoms with Crippen molar-refractivity contribution in [1.29, 1.82) is 0 Å². The third-order valence-corrected chi connectivity index (χ3v) is 4.45. The maximum absolute atomic E-state index is 12.8. The average Bonchev–Trinajstić information content (AvgIpc) is 2.92. The van der Waals surface area contributed by atoms with E-state index < -0.39 is 11.7 Å². The van der Waals surface area contributed by atoms with Gasteiger partial charge >= 0.3 is 6.18 Å². The molecular formula is C17H15F3N4. The molecule has 4 nitrogen and oxygen atoms in total. The molecule has 0 amide bonds. The molecule has 0 spiro atoms. The molecule has 1 aliphatic heterocycles. The maximum atomic E-state index is 12.8. The number of nitrogens with one attached hydrogen (secondary N) is 1. The summed E-state index contributed by atoms with van der Waals surface area (Å²) in [5.41, 5.74) is 1.21. The summed E-state index contributed by atoms with van der Waals surface area (Å²) in [5, 5.41) is 8.74. The molecule has 0 saturated carbocycles. The van der Waals surface area contributed by atoms with Crippen molar-refractivity contribution in [3.05, 3.63) is 48.2 Å². The molecule has 124 valence electrons. The minimum absolute atomic E-state index is 0.170. The van der Waals surface area contributed by atoms with Gasteiger partial charge in [-0.05, 0) is 31.2 Å². The van der Waals surface area contributed by atoms with Gasteiger partial charge in [0.05, 0.1) is 11.1 Å². The highest BCUT2D eigenvalue weighted by atomic mass is 19.4.